The van der Waals surface area contributed by atoms with Gasteiger partial charge in [-0.3, -0.25) is 4.79 Å². The van der Waals surface area contributed by atoms with Gasteiger partial charge in [0.1, 0.15) is 0 Å². The number of hydrogen-bond donors (Lipinski definition) is 0. The lowest BCUT2D eigenvalue weighted by molar-refractivity contribution is -0.127. The molecule has 0 radical (unpaired) electrons. The van der Waals surface area contributed by atoms with Crippen LogP contribution < -0.4 is 0 Å². The van der Waals surface area contributed by atoms with Crippen LogP contribution in [0.4, 0.5) is 0 Å². The Morgan fingerprint density at radius 1 is 1.25 bits per heavy atom. The molecule has 0 saturated carbocycles. The third-order valence-electron chi connectivity index (χ3n) is 1.64. The van der Waals surface area contributed by atoms with E-state index in [9.17, 15) is 4.79 Å². The molecule has 2 heteroatoms. The third kappa shape index (κ3) is 3.56. The van der Waals surface area contributed by atoms with Crippen LogP contribution in [-0.2, 0) is 4.79 Å². The molecule has 0 fully saturated rings. The molecule has 0 heterocycles. The van der Waals surface area contributed by atoms with Crippen LogP contribution in [0.25, 0.3) is 0 Å². The Balaban J connectivity index is 4.08. The van der Waals surface area contributed by atoms with Crippen LogP contribution in [0.5, 0.6) is 0 Å². The van der Waals surface area contributed by atoms with Gasteiger partial charge in [0.25, 0.3) is 0 Å². The van der Waals surface area contributed by atoms with E-state index in [0.29, 0.717) is 5.57 Å². The van der Waals surface area contributed by atoms with Crippen LogP contribution in [0.3, 0.4) is 0 Å². The minimum atomic E-state index is 0.0960. The second-order valence-corrected chi connectivity index (χ2v) is 3.07. The summed E-state index contributed by atoms with van der Waals surface area (Å²) in [6, 6.07) is 0. The quantitative estimate of drug-likeness (QED) is 0.578. The summed E-state index contributed by atoms with van der Waals surface area (Å²) in [6.07, 6.45) is 2.03. The van der Waals surface area contributed by atoms with Crippen molar-refractivity contribution in [1.29, 1.82) is 0 Å². The van der Waals surface area contributed by atoms with Crippen LogP contribution in [0.2, 0.25) is 0 Å². The SMILES string of the molecule is C=C(C)C(=O)N(CCC)CCC. The van der Waals surface area contributed by atoms with Crippen molar-refractivity contribution < 1.29 is 4.79 Å². The maximum Gasteiger partial charge on any atom is 0.248 e. The summed E-state index contributed by atoms with van der Waals surface area (Å²) in [5.41, 5.74) is 0.636. The van der Waals surface area contributed by atoms with E-state index in [2.05, 4.69) is 20.4 Å². The van der Waals surface area contributed by atoms with Gasteiger partial charge in [-0.15, -0.1) is 0 Å². The summed E-state index contributed by atoms with van der Waals surface area (Å²) in [6.45, 7) is 11.3. The van der Waals surface area contributed by atoms with Gasteiger partial charge in [-0.05, 0) is 19.8 Å². The van der Waals surface area contributed by atoms with E-state index in [1.165, 1.54) is 0 Å². The van der Waals surface area contributed by atoms with Crippen molar-refractivity contribution >= 4 is 5.91 Å². The Kier molecular flexibility index (Phi) is 5.43. The molecule has 0 rings (SSSR count). The number of hydrogen-bond acceptors (Lipinski definition) is 1. The molecule has 0 spiro atoms. The summed E-state index contributed by atoms with van der Waals surface area (Å²) in [5.74, 6) is 0.0960. The zero-order valence-electron chi connectivity index (χ0n) is 8.39. The molecular weight excluding hydrogens is 150 g/mol. The lowest BCUT2D eigenvalue weighted by Crippen LogP contribution is -2.32. The smallest absolute Gasteiger partial charge is 0.248 e. The number of carbonyl (C=O) groups excluding carboxylic acids is 1. The standard InChI is InChI=1S/C10H19NO/c1-5-7-11(8-6-2)10(12)9(3)4/h3,5-8H2,1-2,4H3. The highest BCUT2D eigenvalue weighted by Gasteiger charge is 2.10. The highest BCUT2D eigenvalue weighted by Crippen LogP contribution is 2.01. The zero-order chi connectivity index (χ0) is 9.56. The number of rotatable bonds is 5. The molecule has 0 aromatic heterocycles. The van der Waals surface area contributed by atoms with Gasteiger partial charge >= 0.3 is 0 Å². The molecule has 70 valence electrons. The summed E-state index contributed by atoms with van der Waals surface area (Å²) in [7, 11) is 0. The molecule has 0 atom stereocenters. The van der Waals surface area contributed by atoms with Crippen molar-refractivity contribution in [3.63, 3.8) is 0 Å². The van der Waals surface area contributed by atoms with E-state index in [-0.39, 0.29) is 5.91 Å². The van der Waals surface area contributed by atoms with Crippen molar-refractivity contribution in [3.8, 4) is 0 Å². The molecular formula is C10H19NO. The topological polar surface area (TPSA) is 20.3 Å². The second-order valence-electron chi connectivity index (χ2n) is 3.07. The van der Waals surface area contributed by atoms with Crippen LogP contribution in [-0.4, -0.2) is 23.9 Å². The van der Waals surface area contributed by atoms with Gasteiger partial charge < -0.3 is 4.90 Å². The highest BCUT2D eigenvalue weighted by atomic mass is 16.2. The Bertz CT molecular complexity index is 157. The molecule has 0 saturated heterocycles. The summed E-state index contributed by atoms with van der Waals surface area (Å²) < 4.78 is 0. The lowest BCUT2D eigenvalue weighted by Gasteiger charge is -2.21. The van der Waals surface area contributed by atoms with Crippen molar-refractivity contribution in [2.45, 2.75) is 33.6 Å². The first kappa shape index (κ1) is 11.2. The molecule has 0 unspecified atom stereocenters. The molecule has 12 heavy (non-hydrogen) atoms. The molecule has 0 aliphatic carbocycles. The molecule has 2 nitrogen and oxygen atoms in total. The monoisotopic (exact) mass is 169 g/mol. The predicted octanol–water partition coefficient (Wildman–Crippen LogP) is 2.21. The van der Waals surface area contributed by atoms with Crippen molar-refractivity contribution in [2.24, 2.45) is 0 Å². The van der Waals surface area contributed by atoms with Crippen molar-refractivity contribution in [3.05, 3.63) is 12.2 Å². The molecule has 0 aliphatic heterocycles. The fourth-order valence-corrected chi connectivity index (χ4v) is 1.12. The van der Waals surface area contributed by atoms with E-state index in [1.807, 2.05) is 4.90 Å². The van der Waals surface area contributed by atoms with Gasteiger partial charge in [-0.1, -0.05) is 20.4 Å². The summed E-state index contributed by atoms with van der Waals surface area (Å²) >= 11 is 0. The Morgan fingerprint density at radius 2 is 1.67 bits per heavy atom. The van der Waals surface area contributed by atoms with Gasteiger partial charge in [0, 0.05) is 18.7 Å². The predicted molar refractivity (Wildman–Crippen MR) is 52.0 cm³/mol. The minimum absolute atomic E-state index is 0.0960. The normalized spacial score (nSPS) is 9.58. The van der Waals surface area contributed by atoms with E-state index in [1.54, 1.807) is 6.92 Å². The van der Waals surface area contributed by atoms with Gasteiger partial charge in [0.05, 0.1) is 0 Å². The van der Waals surface area contributed by atoms with E-state index in [0.717, 1.165) is 25.9 Å². The number of nitrogens with zero attached hydrogens (tertiary/aromatic N) is 1. The minimum Gasteiger partial charge on any atom is -0.339 e. The van der Waals surface area contributed by atoms with Gasteiger partial charge in [-0.2, -0.15) is 0 Å². The van der Waals surface area contributed by atoms with Gasteiger partial charge in [0.15, 0.2) is 0 Å². The highest BCUT2D eigenvalue weighted by molar-refractivity contribution is 5.92. The van der Waals surface area contributed by atoms with Crippen LogP contribution in [0.15, 0.2) is 12.2 Å². The van der Waals surface area contributed by atoms with Gasteiger partial charge in [0.2, 0.25) is 5.91 Å². The summed E-state index contributed by atoms with van der Waals surface area (Å²) in [4.78, 5) is 13.3. The van der Waals surface area contributed by atoms with Crippen molar-refractivity contribution in [1.82, 2.24) is 4.90 Å². The van der Waals surface area contributed by atoms with E-state index < -0.39 is 0 Å². The summed E-state index contributed by atoms with van der Waals surface area (Å²) in [5, 5.41) is 0. The molecule has 0 aromatic rings. The first-order chi connectivity index (χ1) is 5.63. The lowest BCUT2D eigenvalue weighted by atomic mass is 10.2. The number of carbonyl (C=O) groups is 1. The third-order valence-corrected chi connectivity index (χ3v) is 1.64. The van der Waals surface area contributed by atoms with Crippen LogP contribution >= 0.6 is 0 Å². The fraction of sp³-hybridized carbons (Fsp3) is 0.700. The Labute approximate surface area is 75.3 Å². The number of amides is 1. The largest absolute Gasteiger partial charge is 0.339 e. The molecule has 1 amide bonds. The van der Waals surface area contributed by atoms with Gasteiger partial charge in [-0.25, -0.2) is 0 Å². The molecule has 0 N–H and O–H groups in total. The first-order valence-corrected chi connectivity index (χ1v) is 4.58. The maximum absolute atomic E-state index is 11.4. The molecule has 0 bridgehead atoms. The average Bonchev–Trinajstić information content (AvgIpc) is 2.03. The Morgan fingerprint density at radius 3 is 1.92 bits per heavy atom. The second kappa shape index (κ2) is 5.81. The van der Waals surface area contributed by atoms with Crippen LogP contribution in [0, 0.1) is 0 Å². The molecule has 0 aromatic carbocycles. The van der Waals surface area contributed by atoms with E-state index >= 15 is 0 Å². The zero-order valence-corrected chi connectivity index (χ0v) is 8.39. The maximum atomic E-state index is 11.4. The van der Waals surface area contributed by atoms with E-state index in [4.69, 9.17) is 0 Å². The first-order valence-electron chi connectivity index (χ1n) is 4.58. The molecule has 0 aliphatic rings. The van der Waals surface area contributed by atoms with Crippen molar-refractivity contribution in [2.75, 3.05) is 13.1 Å². The Hall–Kier alpha value is -0.790. The fourth-order valence-electron chi connectivity index (χ4n) is 1.12. The van der Waals surface area contributed by atoms with Crippen LogP contribution in [0.1, 0.15) is 33.6 Å². The average molecular weight is 169 g/mol.